The average molecular weight is 350 g/mol. The van der Waals surface area contributed by atoms with Crippen LogP contribution < -0.4 is 0 Å². The van der Waals surface area contributed by atoms with Gasteiger partial charge in [-0.05, 0) is 37.0 Å². The number of rotatable bonds is 9. The first-order chi connectivity index (χ1) is 12.7. The van der Waals surface area contributed by atoms with E-state index in [0.29, 0.717) is 18.1 Å². The number of hydrogen-bond donors (Lipinski definition) is 1. The highest BCUT2D eigenvalue weighted by Crippen LogP contribution is 2.21. The number of hydrogen-bond acceptors (Lipinski definition) is 4. The van der Waals surface area contributed by atoms with Crippen molar-refractivity contribution in [2.75, 3.05) is 0 Å². The molecule has 0 radical (unpaired) electrons. The van der Waals surface area contributed by atoms with E-state index in [9.17, 15) is 5.11 Å². The van der Waals surface area contributed by atoms with Crippen LogP contribution in [-0.2, 0) is 13.5 Å². The minimum absolute atomic E-state index is 0.484. The smallest absolute Gasteiger partial charge is 0.179 e. The summed E-state index contributed by atoms with van der Waals surface area (Å²) in [6.07, 6.45) is 7.39. The molecule has 0 bridgehead atoms. The van der Waals surface area contributed by atoms with Crippen molar-refractivity contribution < 1.29 is 5.11 Å². The van der Waals surface area contributed by atoms with E-state index in [4.69, 9.17) is 0 Å². The van der Waals surface area contributed by atoms with Gasteiger partial charge in [-0.2, -0.15) is 5.10 Å². The van der Waals surface area contributed by atoms with Crippen molar-refractivity contribution in [2.24, 2.45) is 7.05 Å². The van der Waals surface area contributed by atoms with E-state index in [2.05, 4.69) is 45.4 Å². The van der Waals surface area contributed by atoms with Gasteiger partial charge in [0.25, 0.3) is 0 Å². The highest BCUT2D eigenvalue weighted by Gasteiger charge is 2.16. The van der Waals surface area contributed by atoms with E-state index in [1.54, 1.807) is 10.9 Å². The molecule has 3 aromatic rings. The van der Waals surface area contributed by atoms with E-state index in [0.717, 1.165) is 25.0 Å². The Morgan fingerprint density at radius 3 is 2.50 bits per heavy atom. The van der Waals surface area contributed by atoms with Crippen molar-refractivity contribution in [3.05, 3.63) is 66.1 Å². The lowest BCUT2D eigenvalue weighted by Crippen LogP contribution is -2.01. The number of aliphatic hydroxyl groups excluding tert-OH is 1. The van der Waals surface area contributed by atoms with Gasteiger partial charge < -0.3 is 5.11 Å². The van der Waals surface area contributed by atoms with Crippen LogP contribution in [0.5, 0.6) is 0 Å². The largest absolute Gasteiger partial charge is 0.385 e. The lowest BCUT2D eigenvalue weighted by molar-refractivity contribution is 0.153. The van der Waals surface area contributed by atoms with Crippen molar-refractivity contribution in [2.45, 2.75) is 44.6 Å². The van der Waals surface area contributed by atoms with Crippen LogP contribution in [0.2, 0.25) is 0 Å². The molecule has 5 heteroatoms. The SMILES string of the molecule is Cn1nc(C(O)CCCCCCc2ccccc2)nc1-c1ccccn1. The van der Waals surface area contributed by atoms with E-state index in [-0.39, 0.29) is 0 Å². The molecule has 26 heavy (non-hydrogen) atoms. The molecule has 2 heterocycles. The van der Waals surface area contributed by atoms with Crippen molar-refractivity contribution in [1.29, 1.82) is 0 Å². The van der Waals surface area contributed by atoms with Crippen molar-refractivity contribution in [3.63, 3.8) is 0 Å². The molecule has 1 unspecified atom stereocenters. The molecule has 0 spiro atoms. The second kappa shape index (κ2) is 9.25. The summed E-state index contributed by atoms with van der Waals surface area (Å²) in [7, 11) is 1.83. The van der Waals surface area contributed by atoms with Gasteiger partial charge in [0, 0.05) is 13.2 Å². The first-order valence-electron chi connectivity index (χ1n) is 9.28. The Hall–Kier alpha value is -2.53. The predicted molar refractivity (Wildman–Crippen MR) is 102 cm³/mol. The molecule has 0 saturated carbocycles. The van der Waals surface area contributed by atoms with Crippen LogP contribution in [0.3, 0.4) is 0 Å². The second-order valence-electron chi connectivity index (χ2n) is 6.59. The third-order valence-electron chi connectivity index (χ3n) is 4.51. The van der Waals surface area contributed by atoms with Crippen LogP contribution in [0.4, 0.5) is 0 Å². The normalized spacial score (nSPS) is 12.2. The maximum absolute atomic E-state index is 10.4. The van der Waals surface area contributed by atoms with E-state index in [1.807, 2.05) is 25.2 Å². The van der Waals surface area contributed by atoms with Gasteiger partial charge in [0.15, 0.2) is 11.6 Å². The lowest BCUT2D eigenvalue weighted by atomic mass is 10.0. The average Bonchev–Trinajstić information content (AvgIpc) is 3.08. The quantitative estimate of drug-likeness (QED) is 0.590. The molecule has 1 N–H and O–H groups in total. The summed E-state index contributed by atoms with van der Waals surface area (Å²) in [5, 5.41) is 14.7. The van der Waals surface area contributed by atoms with Gasteiger partial charge in [0.1, 0.15) is 11.8 Å². The molecule has 0 aliphatic rings. The second-order valence-corrected chi connectivity index (χ2v) is 6.59. The Labute approximate surface area is 154 Å². The number of pyridine rings is 1. The predicted octanol–water partition coefficient (Wildman–Crippen LogP) is 4.10. The molecular weight excluding hydrogens is 324 g/mol. The number of unbranched alkanes of at least 4 members (excludes halogenated alkanes) is 3. The fourth-order valence-corrected chi connectivity index (χ4v) is 3.06. The first kappa shape index (κ1) is 18.3. The standard InChI is InChI=1S/C21H26N4O/c1-25-21(18-14-9-10-16-22-18)23-20(24-25)19(26)15-8-3-2-5-11-17-12-6-4-7-13-17/h4,6-7,9-10,12-14,16,19,26H,2-3,5,8,11,15H2,1H3. The lowest BCUT2D eigenvalue weighted by Gasteiger charge is -2.06. The highest BCUT2D eigenvalue weighted by molar-refractivity contribution is 5.48. The Morgan fingerprint density at radius 2 is 1.73 bits per heavy atom. The number of aliphatic hydroxyl groups is 1. The summed E-state index contributed by atoms with van der Waals surface area (Å²) >= 11 is 0. The molecule has 1 atom stereocenters. The molecule has 0 amide bonds. The molecule has 136 valence electrons. The van der Waals surface area contributed by atoms with Gasteiger partial charge in [-0.3, -0.25) is 4.98 Å². The summed E-state index contributed by atoms with van der Waals surface area (Å²) in [6, 6.07) is 16.3. The Kier molecular flexibility index (Phi) is 6.50. The third kappa shape index (κ3) is 4.99. The van der Waals surface area contributed by atoms with Crippen molar-refractivity contribution in [1.82, 2.24) is 19.7 Å². The van der Waals surface area contributed by atoms with Gasteiger partial charge in [-0.1, -0.05) is 55.7 Å². The topological polar surface area (TPSA) is 63.8 Å². The molecule has 5 nitrogen and oxygen atoms in total. The van der Waals surface area contributed by atoms with E-state index < -0.39 is 6.10 Å². The molecule has 0 fully saturated rings. The maximum Gasteiger partial charge on any atom is 0.179 e. The van der Waals surface area contributed by atoms with E-state index in [1.165, 1.54) is 18.4 Å². The van der Waals surface area contributed by atoms with Gasteiger partial charge in [0.2, 0.25) is 0 Å². The fourth-order valence-electron chi connectivity index (χ4n) is 3.06. The van der Waals surface area contributed by atoms with Crippen LogP contribution in [0.15, 0.2) is 54.7 Å². The zero-order chi connectivity index (χ0) is 18.2. The summed E-state index contributed by atoms with van der Waals surface area (Å²) < 4.78 is 1.68. The summed E-state index contributed by atoms with van der Waals surface area (Å²) in [6.45, 7) is 0. The molecule has 0 aliphatic carbocycles. The summed E-state index contributed by atoms with van der Waals surface area (Å²) in [5.74, 6) is 1.17. The molecule has 2 aromatic heterocycles. The van der Waals surface area contributed by atoms with Crippen LogP contribution in [-0.4, -0.2) is 24.9 Å². The Bertz CT molecular complexity index is 786. The van der Waals surface area contributed by atoms with Gasteiger partial charge >= 0.3 is 0 Å². The number of benzene rings is 1. The van der Waals surface area contributed by atoms with Crippen molar-refractivity contribution >= 4 is 0 Å². The molecule has 3 rings (SSSR count). The van der Waals surface area contributed by atoms with Gasteiger partial charge in [-0.15, -0.1) is 0 Å². The Morgan fingerprint density at radius 1 is 0.962 bits per heavy atom. The number of aromatic nitrogens is 4. The first-order valence-corrected chi connectivity index (χ1v) is 9.28. The molecule has 1 aromatic carbocycles. The monoisotopic (exact) mass is 350 g/mol. The highest BCUT2D eigenvalue weighted by atomic mass is 16.3. The summed E-state index contributed by atoms with van der Waals surface area (Å²) in [4.78, 5) is 8.77. The van der Waals surface area contributed by atoms with Crippen molar-refractivity contribution in [3.8, 4) is 11.5 Å². The van der Waals surface area contributed by atoms with Gasteiger partial charge in [0.05, 0.1) is 0 Å². The zero-order valence-electron chi connectivity index (χ0n) is 15.3. The third-order valence-corrected chi connectivity index (χ3v) is 4.51. The number of aryl methyl sites for hydroxylation is 2. The zero-order valence-corrected chi connectivity index (χ0v) is 15.3. The maximum atomic E-state index is 10.4. The minimum Gasteiger partial charge on any atom is -0.385 e. The number of nitrogens with zero attached hydrogens (tertiary/aromatic N) is 4. The fraction of sp³-hybridized carbons (Fsp3) is 0.381. The minimum atomic E-state index is -0.618. The molecule has 0 saturated heterocycles. The van der Waals surface area contributed by atoms with Crippen LogP contribution in [0.25, 0.3) is 11.5 Å². The molecule has 0 aliphatic heterocycles. The van der Waals surface area contributed by atoms with E-state index >= 15 is 0 Å². The van der Waals surface area contributed by atoms with Gasteiger partial charge in [-0.25, -0.2) is 9.67 Å². The molecular formula is C21H26N4O. The van der Waals surface area contributed by atoms with Crippen LogP contribution in [0, 0.1) is 0 Å². The Balaban J connectivity index is 1.42. The van der Waals surface area contributed by atoms with Crippen LogP contribution >= 0.6 is 0 Å². The summed E-state index contributed by atoms with van der Waals surface area (Å²) in [5.41, 5.74) is 2.16. The van der Waals surface area contributed by atoms with Crippen LogP contribution in [0.1, 0.15) is 49.6 Å².